The van der Waals surface area contributed by atoms with E-state index in [-0.39, 0.29) is 0 Å². The molecular weight excluding hydrogens is 522 g/mol. The average Bonchev–Trinajstić information content (AvgIpc) is 3.55. The fourth-order valence-electron chi connectivity index (χ4n) is 5.86. The Morgan fingerprint density at radius 3 is 2.35 bits per heavy atom. The first-order chi connectivity index (χ1) is 19.4. The van der Waals surface area contributed by atoms with Gasteiger partial charge in [-0.25, -0.2) is 4.98 Å². The minimum absolute atomic E-state index is 0.454. The molecule has 0 unspecified atom stereocenters. The molecule has 0 spiro atoms. The van der Waals surface area contributed by atoms with E-state index >= 15 is 0 Å². The molecule has 7 nitrogen and oxygen atoms in total. The van der Waals surface area contributed by atoms with Gasteiger partial charge in [-0.15, -0.1) is 0 Å². The molecule has 1 amide bonds. The van der Waals surface area contributed by atoms with Gasteiger partial charge >= 0.3 is 0 Å². The molecule has 0 saturated carbocycles. The summed E-state index contributed by atoms with van der Waals surface area (Å²) in [6.07, 6.45) is 1.87. The first-order valence-corrected chi connectivity index (χ1v) is 14.1. The van der Waals surface area contributed by atoms with Crippen LogP contribution in [0.3, 0.4) is 0 Å². The maximum Gasteiger partial charge on any atom is 0.298 e. The predicted octanol–water partition coefficient (Wildman–Crippen LogP) is 5.91. The van der Waals surface area contributed by atoms with E-state index in [2.05, 4.69) is 34.2 Å². The second kappa shape index (κ2) is 10.8. The monoisotopic (exact) mass is 553 g/mol. The molecular formula is C32H32ClN5O2. The van der Waals surface area contributed by atoms with Crippen LogP contribution in [-0.2, 0) is 17.8 Å². The van der Waals surface area contributed by atoms with Crippen molar-refractivity contribution in [2.75, 3.05) is 41.3 Å². The van der Waals surface area contributed by atoms with Crippen LogP contribution in [0.1, 0.15) is 33.9 Å². The van der Waals surface area contributed by atoms with Gasteiger partial charge in [-0.3, -0.25) is 9.59 Å². The second-order valence-electron chi connectivity index (χ2n) is 10.6. The SMILES string of the molecule is Cc1cc(C)nc(N2CCN(c3ccc(NC(=O)C(=O)c4c(-c5ccccc5)cc5n4CCC5)cc3Cl)CC2)c1. The molecule has 1 fully saturated rings. The van der Waals surface area contributed by atoms with Gasteiger partial charge in [-0.05, 0) is 74.2 Å². The normalized spacial score (nSPS) is 14.8. The van der Waals surface area contributed by atoms with Gasteiger partial charge in [0.2, 0.25) is 0 Å². The summed E-state index contributed by atoms with van der Waals surface area (Å²) in [5.74, 6) is -0.193. The Bertz CT molecular complexity index is 1570. The fourth-order valence-corrected chi connectivity index (χ4v) is 6.16. The topological polar surface area (TPSA) is 70.5 Å². The summed E-state index contributed by atoms with van der Waals surface area (Å²) in [6, 6.07) is 21.5. The molecule has 8 heteroatoms. The molecule has 0 atom stereocenters. The number of nitrogens with one attached hydrogen (secondary N) is 1. The number of pyridine rings is 1. The summed E-state index contributed by atoms with van der Waals surface area (Å²) in [6.45, 7) is 8.14. The largest absolute Gasteiger partial charge is 0.367 e. The van der Waals surface area contributed by atoms with E-state index in [9.17, 15) is 9.59 Å². The van der Waals surface area contributed by atoms with E-state index < -0.39 is 11.7 Å². The molecule has 2 aromatic carbocycles. The Hall–Kier alpha value is -4.10. The molecule has 2 aliphatic rings. The van der Waals surface area contributed by atoms with Gasteiger partial charge in [0.1, 0.15) is 11.5 Å². The maximum atomic E-state index is 13.5. The summed E-state index contributed by atoms with van der Waals surface area (Å²) < 4.78 is 1.99. The number of nitrogens with zero attached hydrogens (tertiary/aromatic N) is 4. The summed E-state index contributed by atoms with van der Waals surface area (Å²) in [5.41, 5.74) is 6.93. The number of aryl methyl sites for hydroxylation is 3. The molecule has 0 radical (unpaired) electrons. The molecule has 2 aromatic heterocycles. The Kier molecular flexibility index (Phi) is 7.07. The number of ketones is 1. The number of Topliss-reactive ketones (excluding diaryl/α,β-unsaturated/α-hetero) is 1. The van der Waals surface area contributed by atoms with Crippen molar-refractivity contribution in [3.63, 3.8) is 0 Å². The highest BCUT2D eigenvalue weighted by Crippen LogP contribution is 2.33. The number of fused-ring (bicyclic) bond motifs is 1. The quantitative estimate of drug-likeness (QED) is 0.237. The number of anilines is 3. The molecule has 0 aliphatic carbocycles. The standard InChI is InChI=1S/C32H32ClN5O2/c1-21-17-22(2)34-29(18-21)37-15-13-36(14-16-37)28-11-10-24(19-27(28)33)35-32(40)31(39)30-26(23-7-4-3-5-8-23)20-25-9-6-12-38(25)30/h3-5,7-8,10-11,17-20H,6,9,12-16H2,1-2H3,(H,35,40). The number of piperazine rings is 1. The van der Waals surface area contributed by atoms with Gasteiger partial charge in [-0.2, -0.15) is 0 Å². The van der Waals surface area contributed by atoms with Crippen LogP contribution in [0.15, 0.2) is 66.7 Å². The van der Waals surface area contributed by atoms with Crippen molar-refractivity contribution in [2.24, 2.45) is 0 Å². The van der Waals surface area contributed by atoms with Gasteiger partial charge in [-0.1, -0.05) is 41.9 Å². The molecule has 4 heterocycles. The number of benzene rings is 2. The van der Waals surface area contributed by atoms with E-state index in [1.165, 1.54) is 5.56 Å². The maximum absolute atomic E-state index is 13.5. The average molecular weight is 554 g/mol. The lowest BCUT2D eigenvalue weighted by atomic mass is 10.0. The Morgan fingerprint density at radius 1 is 0.875 bits per heavy atom. The lowest BCUT2D eigenvalue weighted by molar-refractivity contribution is -0.112. The van der Waals surface area contributed by atoms with Crippen LogP contribution in [-0.4, -0.2) is 47.4 Å². The number of carbonyl (C=O) groups excluding carboxylic acids is 2. The van der Waals surface area contributed by atoms with E-state index in [0.29, 0.717) is 16.4 Å². The van der Waals surface area contributed by atoms with Gasteiger partial charge < -0.3 is 19.7 Å². The number of carbonyl (C=O) groups is 2. The van der Waals surface area contributed by atoms with Crippen molar-refractivity contribution < 1.29 is 9.59 Å². The van der Waals surface area contributed by atoms with Crippen LogP contribution in [0.4, 0.5) is 17.2 Å². The lowest BCUT2D eigenvalue weighted by Crippen LogP contribution is -2.47. The van der Waals surface area contributed by atoms with Crippen molar-refractivity contribution in [1.82, 2.24) is 9.55 Å². The van der Waals surface area contributed by atoms with Crippen LogP contribution in [0.5, 0.6) is 0 Å². The van der Waals surface area contributed by atoms with Gasteiger partial charge in [0.25, 0.3) is 11.7 Å². The molecule has 4 aromatic rings. The van der Waals surface area contributed by atoms with Crippen LogP contribution in [0.2, 0.25) is 5.02 Å². The summed E-state index contributed by atoms with van der Waals surface area (Å²) in [7, 11) is 0. The van der Waals surface area contributed by atoms with Crippen molar-refractivity contribution in [3.8, 4) is 11.1 Å². The van der Waals surface area contributed by atoms with E-state index in [4.69, 9.17) is 16.6 Å². The second-order valence-corrected chi connectivity index (χ2v) is 11.0. The van der Waals surface area contributed by atoms with Crippen molar-refractivity contribution in [3.05, 3.63) is 94.4 Å². The predicted molar refractivity (Wildman–Crippen MR) is 161 cm³/mol. The third kappa shape index (κ3) is 5.09. The highest BCUT2D eigenvalue weighted by Gasteiger charge is 2.29. The molecule has 1 saturated heterocycles. The minimum Gasteiger partial charge on any atom is -0.367 e. The molecule has 6 rings (SSSR count). The zero-order valence-corrected chi connectivity index (χ0v) is 23.5. The van der Waals surface area contributed by atoms with Crippen LogP contribution in [0.25, 0.3) is 11.1 Å². The van der Waals surface area contributed by atoms with Crippen molar-refractivity contribution in [2.45, 2.75) is 33.2 Å². The van der Waals surface area contributed by atoms with Crippen LogP contribution in [0, 0.1) is 13.8 Å². The van der Waals surface area contributed by atoms with Crippen molar-refractivity contribution >= 4 is 40.5 Å². The Morgan fingerprint density at radius 2 is 1.62 bits per heavy atom. The Labute approximate surface area is 239 Å². The zero-order chi connectivity index (χ0) is 27.8. The third-order valence-corrected chi connectivity index (χ3v) is 8.04. The summed E-state index contributed by atoms with van der Waals surface area (Å²) >= 11 is 6.69. The minimum atomic E-state index is -0.664. The molecule has 40 heavy (non-hydrogen) atoms. The van der Waals surface area contributed by atoms with Gasteiger partial charge in [0.05, 0.1) is 10.7 Å². The first kappa shape index (κ1) is 26.1. The lowest BCUT2D eigenvalue weighted by Gasteiger charge is -2.37. The van der Waals surface area contributed by atoms with Crippen molar-refractivity contribution in [1.29, 1.82) is 0 Å². The smallest absolute Gasteiger partial charge is 0.298 e. The molecule has 1 N–H and O–H groups in total. The Balaban J connectivity index is 1.15. The van der Waals surface area contributed by atoms with Crippen LogP contribution >= 0.6 is 11.6 Å². The summed E-state index contributed by atoms with van der Waals surface area (Å²) in [4.78, 5) is 35.9. The van der Waals surface area contributed by atoms with E-state index in [1.807, 2.05) is 60.0 Å². The molecule has 204 valence electrons. The molecule has 2 aliphatic heterocycles. The summed E-state index contributed by atoms with van der Waals surface area (Å²) in [5, 5.41) is 3.33. The molecule has 0 bridgehead atoms. The number of hydrogen-bond donors (Lipinski definition) is 1. The number of hydrogen-bond acceptors (Lipinski definition) is 5. The van der Waals surface area contributed by atoms with Gasteiger partial charge in [0.15, 0.2) is 0 Å². The highest BCUT2D eigenvalue weighted by molar-refractivity contribution is 6.47. The highest BCUT2D eigenvalue weighted by atomic mass is 35.5. The van der Waals surface area contributed by atoms with E-state index in [1.54, 1.807) is 6.07 Å². The first-order valence-electron chi connectivity index (χ1n) is 13.8. The number of amides is 1. The number of rotatable bonds is 6. The number of aromatic nitrogens is 2. The zero-order valence-electron chi connectivity index (χ0n) is 22.8. The number of halogens is 1. The van der Waals surface area contributed by atoms with Crippen LogP contribution < -0.4 is 15.1 Å². The van der Waals surface area contributed by atoms with E-state index in [0.717, 1.165) is 79.6 Å². The van der Waals surface area contributed by atoms with Gasteiger partial charge in [0, 0.05) is 55.4 Å². The fraction of sp³-hybridized carbons (Fsp3) is 0.281. The third-order valence-electron chi connectivity index (χ3n) is 7.74.